The summed E-state index contributed by atoms with van der Waals surface area (Å²) in [5.41, 5.74) is 7.51. The van der Waals surface area contributed by atoms with E-state index in [0.29, 0.717) is 0 Å². The Kier molecular flexibility index (Phi) is 4.31. The molecule has 0 aliphatic carbocycles. The molecule has 0 spiro atoms. The van der Waals surface area contributed by atoms with Gasteiger partial charge in [0.1, 0.15) is 7.05 Å². The maximum absolute atomic E-state index is 2.39. The third-order valence-corrected chi connectivity index (χ3v) is 7.33. The fourth-order valence-electron chi connectivity index (χ4n) is 5.71. The molecular weight excluding hydrogens is 424 g/mol. The van der Waals surface area contributed by atoms with E-state index in [1.54, 1.807) is 0 Å². The summed E-state index contributed by atoms with van der Waals surface area (Å²) in [4.78, 5) is 0. The third kappa shape index (κ3) is 2.93. The SMILES string of the molecule is Cc1ccc2ccccc2c1-c1c2ccc(-n3c4ccccc4c4ccccc43)cc2cc[n+]1C. The van der Waals surface area contributed by atoms with Crippen molar-refractivity contribution >= 4 is 43.4 Å². The Labute approximate surface area is 204 Å². The quantitative estimate of drug-likeness (QED) is 0.237. The smallest absolute Gasteiger partial charge is 0.221 e. The first kappa shape index (κ1) is 20.0. The maximum atomic E-state index is 2.39. The van der Waals surface area contributed by atoms with Gasteiger partial charge in [0.25, 0.3) is 0 Å². The first-order valence-electron chi connectivity index (χ1n) is 12.1. The van der Waals surface area contributed by atoms with Crippen molar-refractivity contribution in [3.8, 4) is 16.9 Å². The van der Waals surface area contributed by atoms with Crippen LogP contribution in [0.5, 0.6) is 0 Å². The largest absolute Gasteiger partial charge is 0.309 e. The van der Waals surface area contributed by atoms with Crippen LogP contribution in [-0.4, -0.2) is 4.57 Å². The van der Waals surface area contributed by atoms with Crippen LogP contribution in [0, 0.1) is 6.92 Å². The normalized spacial score (nSPS) is 11.7. The summed E-state index contributed by atoms with van der Waals surface area (Å²) >= 11 is 0. The first-order chi connectivity index (χ1) is 17.2. The second-order valence-corrected chi connectivity index (χ2v) is 9.40. The van der Waals surface area contributed by atoms with Gasteiger partial charge in [-0.1, -0.05) is 72.8 Å². The van der Waals surface area contributed by atoms with E-state index >= 15 is 0 Å². The lowest BCUT2D eigenvalue weighted by molar-refractivity contribution is -0.659. The van der Waals surface area contributed by atoms with E-state index in [-0.39, 0.29) is 0 Å². The highest BCUT2D eigenvalue weighted by Gasteiger charge is 2.20. The summed E-state index contributed by atoms with van der Waals surface area (Å²) < 4.78 is 4.65. The summed E-state index contributed by atoms with van der Waals surface area (Å²) in [6.45, 7) is 2.22. The predicted octanol–water partition coefficient (Wildman–Crippen LogP) is 7.89. The number of para-hydroxylation sites is 2. The Morgan fingerprint density at radius 2 is 1.23 bits per heavy atom. The average Bonchev–Trinajstić information content (AvgIpc) is 3.24. The molecule has 2 heteroatoms. The van der Waals surface area contributed by atoms with Gasteiger partial charge >= 0.3 is 0 Å². The van der Waals surface area contributed by atoms with E-state index in [9.17, 15) is 0 Å². The molecule has 0 amide bonds. The Morgan fingerprint density at radius 3 is 1.97 bits per heavy atom. The molecule has 7 aromatic rings. The lowest BCUT2D eigenvalue weighted by Crippen LogP contribution is -2.30. The minimum atomic E-state index is 1.18. The predicted molar refractivity (Wildman–Crippen MR) is 147 cm³/mol. The van der Waals surface area contributed by atoms with Gasteiger partial charge in [0.15, 0.2) is 6.20 Å². The molecular formula is C33H25N2+. The Balaban J connectivity index is 1.53. The van der Waals surface area contributed by atoms with Crippen LogP contribution in [0.1, 0.15) is 5.56 Å². The van der Waals surface area contributed by atoms with Crippen molar-refractivity contribution < 1.29 is 4.57 Å². The molecule has 5 aromatic carbocycles. The number of benzene rings is 5. The van der Waals surface area contributed by atoms with Crippen molar-refractivity contribution in [3.63, 3.8) is 0 Å². The summed E-state index contributed by atoms with van der Waals surface area (Å²) in [5, 5.41) is 7.64. The van der Waals surface area contributed by atoms with Gasteiger partial charge in [0.2, 0.25) is 5.69 Å². The molecule has 2 heterocycles. The Hall–Kier alpha value is -4.43. The summed E-state index contributed by atoms with van der Waals surface area (Å²) in [5.74, 6) is 0. The van der Waals surface area contributed by atoms with Crippen LogP contribution in [-0.2, 0) is 7.05 Å². The zero-order valence-corrected chi connectivity index (χ0v) is 19.9. The molecule has 0 saturated heterocycles. The highest BCUT2D eigenvalue weighted by molar-refractivity contribution is 6.10. The zero-order valence-electron chi connectivity index (χ0n) is 19.9. The second kappa shape index (κ2) is 7.54. The van der Waals surface area contributed by atoms with Gasteiger partial charge in [0, 0.05) is 22.5 Å². The first-order valence-corrected chi connectivity index (χ1v) is 12.1. The fourth-order valence-corrected chi connectivity index (χ4v) is 5.71. The number of rotatable bonds is 2. The van der Waals surface area contributed by atoms with Gasteiger partial charge in [-0.05, 0) is 59.0 Å². The van der Waals surface area contributed by atoms with Crippen molar-refractivity contribution in [2.75, 3.05) is 0 Å². The highest BCUT2D eigenvalue weighted by atomic mass is 15.0. The Morgan fingerprint density at radius 1 is 0.571 bits per heavy atom. The number of aryl methyl sites for hydroxylation is 2. The molecule has 2 aromatic heterocycles. The summed E-state index contributed by atoms with van der Waals surface area (Å²) in [7, 11) is 2.15. The Bertz CT molecular complexity index is 1870. The number of hydrogen-bond acceptors (Lipinski definition) is 0. The molecule has 0 radical (unpaired) electrons. The van der Waals surface area contributed by atoms with E-state index in [1.165, 1.54) is 65.9 Å². The van der Waals surface area contributed by atoms with Crippen LogP contribution in [0.3, 0.4) is 0 Å². The van der Waals surface area contributed by atoms with Gasteiger partial charge in [-0.15, -0.1) is 0 Å². The van der Waals surface area contributed by atoms with E-state index < -0.39 is 0 Å². The minimum Gasteiger partial charge on any atom is -0.309 e. The van der Waals surface area contributed by atoms with Gasteiger partial charge in [0.05, 0.1) is 22.0 Å². The molecule has 2 nitrogen and oxygen atoms in total. The van der Waals surface area contributed by atoms with Gasteiger partial charge in [-0.25, -0.2) is 4.57 Å². The number of aromatic nitrogens is 2. The number of nitrogens with zero attached hydrogens (tertiary/aromatic N) is 2. The molecule has 0 aliphatic heterocycles. The van der Waals surface area contributed by atoms with E-state index in [2.05, 4.69) is 138 Å². The van der Waals surface area contributed by atoms with E-state index in [4.69, 9.17) is 0 Å². The fraction of sp³-hybridized carbons (Fsp3) is 0.0606. The van der Waals surface area contributed by atoms with Crippen molar-refractivity contribution in [1.82, 2.24) is 4.57 Å². The number of hydrogen-bond donors (Lipinski definition) is 0. The minimum absolute atomic E-state index is 1.18. The average molecular weight is 450 g/mol. The molecule has 0 aliphatic rings. The summed E-state index contributed by atoms with van der Waals surface area (Å²) in [6.07, 6.45) is 2.19. The van der Waals surface area contributed by atoms with E-state index in [0.717, 1.165) is 0 Å². The molecule has 0 atom stereocenters. The van der Waals surface area contributed by atoms with Gasteiger partial charge < -0.3 is 4.57 Å². The molecule has 7 rings (SSSR count). The topological polar surface area (TPSA) is 8.81 Å². The number of pyridine rings is 1. The number of fused-ring (bicyclic) bond motifs is 5. The van der Waals surface area contributed by atoms with Crippen molar-refractivity contribution in [2.45, 2.75) is 6.92 Å². The van der Waals surface area contributed by atoms with Crippen LogP contribution < -0.4 is 4.57 Å². The zero-order chi connectivity index (χ0) is 23.5. The molecule has 0 unspecified atom stereocenters. The molecule has 0 bridgehead atoms. The van der Waals surface area contributed by atoms with Crippen molar-refractivity contribution in [1.29, 1.82) is 0 Å². The monoisotopic (exact) mass is 449 g/mol. The van der Waals surface area contributed by atoms with Crippen LogP contribution in [0.4, 0.5) is 0 Å². The van der Waals surface area contributed by atoms with E-state index in [1.807, 2.05) is 0 Å². The molecule has 35 heavy (non-hydrogen) atoms. The second-order valence-electron chi connectivity index (χ2n) is 9.40. The lowest BCUT2D eigenvalue weighted by atomic mass is 9.94. The maximum Gasteiger partial charge on any atom is 0.221 e. The molecule has 0 saturated carbocycles. The summed E-state index contributed by atoms with van der Waals surface area (Å²) in [6, 6.07) is 39.6. The van der Waals surface area contributed by atoms with Crippen LogP contribution in [0.25, 0.3) is 60.3 Å². The van der Waals surface area contributed by atoms with Crippen molar-refractivity contribution in [2.24, 2.45) is 7.05 Å². The van der Waals surface area contributed by atoms with Crippen LogP contribution in [0.15, 0.2) is 115 Å². The van der Waals surface area contributed by atoms with Crippen molar-refractivity contribution in [3.05, 3.63) is 121 Å². The molecule has 0 fully saturated rings. The molecule has 0 N–H and O–H groups in total. The highest BCUT2D eigenvalue weighted by Crippen LogP contribution is 2.36. The third-order valence-electron chi connectivity index (χ3n) is 7.33. The standard InChI is InChI=1S/C33H25N2/c1-22-15-16-23-9-3-4-10-26(23)32(22)33-27-18-17-25(21-24(27)19-20-34(33)2)35-30-13-7-5-11-28(30)29-12-6-8-14-31(29)35/h3-21H,1-2H3/q+1. The van der Waals surface area contributed by atoms with Gasteiger partial charge in [-0.2, -0.15) is 0 Å². The molecule has 166 valence electrons. The lowest BCUT2D eigenvalue weighted by Gasteiger charge is -2.13. The van der Waals surface area contributed by atoms with Gasteiger partial charge in [-0.3, -0.25) is 0 Å². The van der Waals surface area contributed by atoms with Crippen LogP contribution >= 0.6 is 0 Å². The van der Waals surface area contributed by atoms with Crippen LogP contribution in [0.2, 0.25) is 0 Å².